The summed E-state index contributed by atoms with van der Waals surface area (Å²) in [6.07, 6.45) is 2.96. The monoisotopic (exact) mass is 262 g/mol. The summed E-state index contributed by atoms with van der Waals surface area (Å²) in [6.45, 7) is 0.199. The predicted molar refractivity (Wildman–Crippen MR) is 70.1 cm³/mol. The number of rotatable bonds is 7. The van der Waals surface area contributed by atoms with Crippen molar-refractivity contribution in [2.24, 2.45) is 0 Å². The number of ether oxygens (including phenoxy) is 1. The summed E-state index contributed by atoms with van der Waals surface area (Å²) >= 11 is 0. The van der Waals surface area contributed by atoms with Crippen LogP contribution in [0.1, 0.15) is 30.1 Å². The Morgan fingerprint density at radius 2 is 2.21 bits per heavy atom. The minimum Gasteiger partial charge on any atom is -0.497 e. The molecule has 1 heterocycles. The van der Waals surface area contributed by atoms with Gasteiger partial charge in [-0.1, -0.05) is 17.3 Å². The molecule has 0 aliphatic heterocycles. The lowest BCUT2D eigenvalue weighted by atomic mass is 10.1. The van der Waals surface area contributed by atoms with Crippen molar-refractivity contribution in [3.63, 3.8) is 0 Å². The number of nitrogens with zero attached hydrogens (tertiary/aromatic N) is 2. The highest BCUT2D eigenvalue weighted by Crippen LogP contribution is 2.15. The minimum atomic E-state index is 0.199. The summed E-state index contributed by atoms with van der Waals surface area (Å²) in [6, 6.07) is 7.81. The number of aliphatic hydroxyl groups is 1. The van der Waals surface area contributed by atoms with Gasteiger partial charge in [0.05, 0.1) is 7.11 Å². The molecule has 0 amide bonds. The third kappa shape index (κ3) is 4.06. The van der Waals surface area contributed by atoms with E-state index in [0.717, 1.165) is 24.2 Å². The van der Waals surface area contributed by atoms with Crippen LogP contribution >= 0.6 is 0 Å². The molecule has 1 aromatic heterocycles. The van der Waals surface area contributed by atoms with Gasteiger partial charge in [0.25, 0.3) is 0 Å². The first-order valence-electron chi connectivity index (χ1n) is 6.37. The second-order valence-electron chi connectivity index (χ2n) is 4.31. The maximum absolute atomic E-state index is 8.72. The van der Waals surface area contributed by atoms with Crippen molar-refractivity contribution in [3.8, 4) is 5.75 Å². The van der Waals surface area contributed by atoms with E-state index in [0.29, 0.717) is 24.6 Å². The van der Waals surface area contributed by atoms with Crippen LogP contribution in [0.2, 0.25) is 0 Å². The highest BCUT2D eigenvalue weighted by molar-refractivity contribution is 5.29. The fourth-order valence-electron chi connectivity index (χ4n) is 1.82. The van der Waals surface area contributed by atoms with Crippen LogP contribution in [0.4, 0.5) is 0 Å². The summed E-state index contributed by atoms with van der Waals surface area (Å²) in [5.74, 6) is 2.13. The normalized spacial score (nSPS) is 10.6. The number of unbranched alkanes of at least 4 members (excludes halogenated alkanes) is 1. The van der Waals surface area contributed by atoms with Crippen molar-refractivity contribution < 1.29 is 14.4 Å². The van der Waals surface area contributed by atoms with E-state index in [1.165, 1.54) is 0 Å². The Labute approximate surface area is 112 Å². The first-order valence-corrected chi connectivity index (χ1v) is 6.37. The number of hydrogen-bond donors (Lipinski definition) is 1. The maximum Gasteiger partial charge on any atom is 0.226 e. The van der Waals surface area contributed by atoms with Crippen molar-refractivity contribution in [1.82, 2.24) is 10.1 Å². The molecule has 0 saturated carbocycles. The molecule has 0 bridgehead atoms. The van der Waals surface area contributed by atoms with Crippen LogP contribution in [0.5, 0.6) is 5.75 Å². The maximum atomic E-state index is 8.72. The van der Waals surface area contributed by atoms with Crippen LogP contribution in [-0.4, -0.2) is 29.0 Å². The van der Waals surface area contributed by atoms with E-state index >= 15 is 0 Å². The van der Waals surface area contributed by atoms with Gasteiger partial charge >= 0.3 is 0 Å². The Bertz CT molecular complexity index is 511. The first-order chi connectivity index (χ1) is 9.31. The van der Waals surface area contributed by atoms with E-state index in [-0.39, 0.29) is 6.61 Å². The molecule has 19 heavy (non-hydrogen) atoms. The van der Waals surface area contributed by atoms with E-state index in [1.807, 2.05) is 24.3 Å². The average Bonchev–Trinajstić information content (AvgIpc) is 2.87. The van der Waals surface area contributed by atoms with Crippen molar-refractivity contribution in [2.75, 3.05) is 13.7 Å². The lowest BCUT2D eigenvalue weighted by Gasteiger charge is -2.01. The predicted octanol–water partition coefficient (Wildman–Crippen LogP) is 1.98. The molecule has 0 aliphatic rings. The van der Waals surface area contributed by atoms with Crippen LogP contribution in [0.3, 0.4) is 0 Å². The molecule has 0 unspecified atom stereocenters. The highest BCUT2D eigenvalue weighted by atomic mass is 16.5. The van der Waals surface area contributed by atoms with Gasteiger partial charge in [0.1, 0.15) is 5.75 Å². The zero-order valence-corrected chi connectivity index (χ0v) is 11.0. The molecule has 1 N–H and O–H groups in total. The van der Waals surface area contributed by atoms with Gasteiger partial charge in [0.15, 0.2) is 5.82 Å². The van der Waals surface area contributed by atoms with Gasteiger partial charge < -0.3 is 14.4 Å². The first kappa shape index (κ1) is 13.5. The van der Waals surface area contributed by atoms with Gasteiger partial charge in [0, 0.05) is 19.4 Å². The summed E-state index contributed by atoms with van der Waals surface area (Å²) in [4.78, 5) is 4.33. The largest absolute Gasteiger partial charge is 0.497 e. The molecule has 0 aliphatic carbocycles. The topological polar surface area (TPSA) is 68.4 Å². The van der Waals surface area contributed by atoms with E-state index in [2.05, 4.69) is 10.1 Å². The van der Waals surface area contributed by atoms with Gasteiger partial charge in [-0.15, -0.1) is 0 Å². The summed E-state index contributed by atoms with van der Waals surface area (Å²) < 4.78 is 10.3. The van der Waals surface area contributed by atoms with Crippen LogP contribution in [-0.2, 0) is 12.8 Å². The van der Waals surface area contributed by atoms with E-state index < -0.39 is 0 Å². The SMILES string of the molecule is COc1cccc(Cc2noc(CCCCO)n2)c1. The smallest absolute Gasteiger partial charge is 0.226 e. The molecule has 0 atom stereocenters. The number of aryl methyl sites for hydroxylation is 1. The number of methoxy groups -OCH3 is 1. The van der Waals surface area contributed by atoms with Crippen LogP contribution in [0, 0.1) is 0 Å². The standard InChI is InChI=1S/C14H18N2O3/c1-18-12-6-4-5-11(9-12)10-13-15-14(19-16-13)7-2-3-8-17/h4-6,9,17H,2-3,7-8,10H2,1H3. The molecule has 5 heteroatoms. The summed E-state index contributed by atoms with van der Waals surface area (Å²) in [7, 11) is 1.65. The lowest BCUT2D eigenvalue weighted by molar-refractivity contribution is 0.280. The van der Waals surface area contributed by atoms with Gasteiger partial charge in [0.2, 0.25) is 5.89 Å². The van der Waals surface area contributed by atoms with Gasteiger partial charge in [-0.25, -0.2) is 0 Å². The fourth-order valence-corrected chi connectivity index (χ4v) is 1.82. The summed E-state index contributed by atoms with van der Waals surface area (Å²) in [5, 5.41) is 12.7. The van der Waals surface area contributed by atoms with E-state index in [4.69, 9.17) is 14.4 Å². The van der Waals surface area contributed by atoms with Crippen LogP contribution in [0.25, 0.3) is 0 Å². The zero-order chi connectivity index (χ0) is 13.5. The molecule has 0 spiro atoms. The summed E-state index contributed by atoms with van der Waals surface area (Å²) in [5.41, 5.74) is 1.09. The molecule has 0 saturated heterocycles. The fraction of sp³-hybridized carbons (Fsp3) is 0.429. The van der Waals surface area contributed by atoms with Gasteiger partial charge in [-0.2, -0.15) is 4.98 Å². The third-order valence-electron chi connectivity index (χ3n) is 2.81. The molecule has 0 fully saturated rings. The van der Waals surface area contributed by atoms with Crippen molar-refractivity contribution in [3.05, 3.63) is 41.5 Å². The number of benzene rings is 1. The number of aromatic nitrogens is 2. The van der Waals surface area contributed by atoms with Gasteiger partial charge in [-0.05, 0) is 30.5 Å². The van der Waals surface area contributed by atoms with E-state index in [9.17, 15) is 0 Å². The number of aliphatic hydroxyl groups excluding tert-OH is 1. The Hall–Kier alpha value is -1.88. The second kappa shape index (κ2) is 6.89. The molecule has 1 aromatic carbocycles. The van der Waals surface area contributed by atoms with Crippen LogP contribution in [0.15, 0.2) is 28.8 Å². The number of hydrogen-bond acceptors (Lipinski definition) is 5. The molecular formula is C14H18N2O3. The quantitative estimate of drug-likeness (QED) is 0.773. The van der Waals surface area contributed by atoms with Gasteiger partial charge in [-0.3, -0.25) is 0 Å². The lowest BCUT2D eigenvalue weighted by Crippen LogP contribution is -1.93. The Morgan fingerprint density at radius 3 is 3.00 bits per heavy atom. The zero-order valence-electron chi connectivity index (χ0n) is 11.0. The van der Waals surface area contributed by atoms with Crippen molar-refractivity contribution in [1.29, 1.82) is 0 Å². The molecule has 102 valence electrons. The highest BCUT2D eigenvalue weighted by Gasteiger charge is 2.07. The Morgan fingerprint density at radius 1 is 1.32 bits per heavy atom. The molecular weight excluding hydrogens is 244 g/mol. The Kier molecular flexibility index (Phi) is 4.92. The van der Waals surface area contributed by atoms with Crippen molar-refractivity contribution >= 4 is 0 Å². The molecule has 0 radical (unpaired) electrons. The molecule has 2 rings (SSSR count). The average molecular weight is 262 g/mol. The van der Waals surface area contributed by atoms with E-state index in [1.54, 1.807) is 7.11 Å². The van der Waals surface area contributed by atoms with Crippen molar-refractivity contribution in [2.45, 2.75) is 25.7 Å². The second-order valence-corrected chi connectivity index (χ2v) is 4.31. The molecule has 2 aromatic rings. The minimum absolute atomic E-state index is 0.199. The molecule has 5 nitrogen and oxygen atoms in total. The van der Waals surface area contributed by atoms with Crippen LogP contribution < -0.4 is 4.74 Å². The third-order valence-corrected chi connectivity index (χ3v) is 2.81. The Balaban J connectivity index is 1.95.